The van der Waals surface area contributed by atoms with E-state index in [0.29, 0.717) is 6.04 Å². The van der Waals surface area contributed by atoms with Crippen molar-refractivity contribution >= 4 is 21.6 Å². The van der Waals surface area contributed by atoms with Crippen molar-refractivity contribution in [3.63, 3.8) is 0 Å². The van der Waals surface area contributed by atoms with Gasteiger partial charge in [0.25, 0.3) is 0 Å². The van der Waals surface area contributed by atoms with Gasteiger partial charge in [-0.05, 0) is 43.4 Å². The van der Waals surface area contributed by atoms with Crippen molar-refractivity contribution in [2.24, 2.45) is 5.92 Å². The van der Waals surface area contributed by atoms with Crippen LogP contribution in [0.15, 0.2) is 22.7 Å². The van der Waals surface area contributed by atoms with Crippen LogP contribution < -0.4 is 5.32 Å². The summed E-state index contributed by atoms with van der Waals surface area (Å²) < 4.78 is 1.16. The fourth-order valence-corrected chi connectivity index (χ4v) is 3.12. The smallest absolute Gasteiger partial charge is 0.0383 e. The molecule has 1 aromatic carbocycles. The fraction of sp³-hybridized carbons (Fsp3) is 0.600. The van der Waals surface area contributed by atoms with Crippen LogP contribution in [0.3, 0.4) is 0 Å². The third kappa shape index (κ3) is 3.48. The van der Waals surface area contributed by atoms with E-state index < -0.39 is 0 Å². The quantitative estimate of drug-likeness (QED) is 0.814. The molecule has 94 valence electrons. The van der Waals surface area contributed by atoms with Gasteiger partial charge in [-0.15, -0.1) is 0 Å². The summed E-state index contributed by atoms with van der Waals surface area (Å²) >= 11 is 3.55. The van der Waals surface area contributed by atoms with Crippen molar-refractivity contribution in [2.45, 2.75) is 52.0 Å². The second-order valence-electron chi connectivity index (χ2n) is 5.24. The van der Waals surface area contributed by atoms with E-state index in [1.54, 1.807) is 0 Å². The maximum Gasteiger partial charge on any atom is 0.0383 e. The Bertz CT molecular complexity index is 375. The van der Waals surface area contributed by atoms with E-state index in [1.807, 2.05) is 0 Å². The molecular weight excluding hydrogens is 274 g/mol. The predicted molar refractivity (Wildman–Crippen MR) is 78.5 cm³/mol. The van der Waals surface area contributed by atoms with Gasteiger partial charge >= 0.3 is 0 Å². The lowest BCUT2D eigenvalue weighted by Gasteiger charge is -2.30. The van der Waals surface area contributed by atoms with Crippen LogP contribution in [-0.2, 0) is 0 Å². The first-order chi connectivity index (χ1) is 8.19. The summed E-state index contributed by atoms with van der Waals surface area (Å²) in [4.78, 5) is 0. The largest absolute Gasteiger partial charge is 0.382 e. The van der Waals surface area contributed by atoms with Gasteiger partial charge in [-0.25, -0.2) is 0 Å². The Labute approximate surface area is 113 Å². The first-order valence-electron chi connectivity index (χ1n) is 6.71. The van der Waals surface area contributed by atoms with Crippen LogP contribution in [0.5, 0.6) is 0 Å². The Morgan fingerprint density at radius 1 is 1.35 bits per heavy atom. The highest BCUT2D eigenvalue weighted by Gasteiger charge is 2.20. The van der Waals surface area contributed by atoms with E-state index in [4.69, 9.17) is 0 Å². The number of nitrogens with one attached hydrogen (secondary N) is 1. The molecule has 17 heavy (non-hydrogen) atoms. The van der Waals surface area contributed by atoms with Crippen LogP contribution >= 0.6 is 15.9 Å². The number of hydrogen-bond donors (Lipinski definition) is 1. The minimum absolute atomic E-state index is 0.668. The van der Waals surface area contributed by atoms with E-state index in [-0.39, 0.29) is 0 Å². The Balaban J connectivity index is 2.02. The van der Waals surface area contributed by atoms with Gasteiger partial charge in [0.15, 0.2) is 0 Å². The molecule has 1 fully saturated rings. The summed E-state index contributed by atoms with van der Waals surface area (Å²) in [5.74, 6) is 0.925. The molecule has 0 spiro atoms. The second kappa shape index (κ2) is 5.90. The Hall–Kier alpha value is -0.500. The van der Waals surface area contributed by atoms with Crippen molar-refractivity contribution in [3.05, 3.63) is 28.2 Å². The summed E-state index contributed by atoms with van der Waals surface area (Å²) in [5, 5.41) is 3.72. The zero-order chi connectivity index (χ0) is 12.3. The van der Waals surface area contributed by atoms with Crippen LogP contribution in [0.25, 0.3) is 0 Å². The summed E-state index contributed by atoms with van der Waals surface area (Å²) in [5.41, 5.74) is 2.63. The fourth-order valence-electron chi connectivity index (χ4n) is 2.76. The van der Waals surface area contributed by atoms with Gasteiger partial charge in [-0.2, -0.15) is 0 Å². The van der Waals surface area contributed by atoms with Gasteiger partial charge in [0.1, 0.15) is 0 Å². The van der Waals surface area contributed by atoms with Crippen molar-refractivity contribution in [3.8, 4) is 0 Å². The van der Waals surface area contributed by atoms with E-state index in [2.05, 4.69) is 53.3 Å². The maximum atomic E-state index is 3.72. The zero-order valence-electron chi connectivity index (χ0n) is 10.8. The number of anilines is 1. The summed E-state index contributed by atoms with van der Waals surface area (Å²) in [6.07, 6.45) is 6.79. The zero-order valence-corrected chi connectivity index (χ0v) is 12.4. The molecule has 0 bridgehead atoms. The third-order valence-corrected chi connectivity index (χ3v) is 4.41. The van der Waals surface area contributed by atoms with Gasteiger partial charge in [0, 0.05) is 16.2 Å². The third-order valence-electron chi connectivity index (χ3n) is 3.92. The predicted octanol–water partition coefficient (Wildman–Crippen LogP) is 5.14. The van der Waals surface area contributed by atoms with Crippen molar-refractivity contribution < 1.29 is 0 Å². The molecule has 2 unspecified atom stereocenters. The first-order valence-corrected chi connectivity index (χ1v) is 7.51. The Morgan fingerprint density at radius 2 is 2.18 bits per heavy atom. The average Bonchev–Trinajstić information content (AvgIpc) is 2.34. The highest BCUT2D eigenvalue weighted by Crippen LogP contribution is 2.30. The Morgan fingerprint density at radius 3 is 2.94 bits per heavy atom. The molecule has 0 saturated heterocycles. The van der Waals surface area contributed by atoms with Crippen LogP contribution in [0.4, 0.5) is 5.69 Å². The maximum absolute atomic E-state index is 3.72. The monoisotopic (exact) mass is 295 g/mol. The van der Waals surface area contributed by atoms with E-state index in [1.165, 1.54) is 43.4 Å². The second-order valence-corrected chi connectivity index (χ2v) is 6.16. The molecule has 2 atom stereocenters. The van der Waals surface area contributed by atoms with Crippen LogP contribution in [0.2, 0.25) is 0 Å². The first kappa shape index (κ1) is 12.9. The lowest BCUT2D eigenvalue weighted by Crippen LogP contribution is -2.27. The van der Waals surface area contributed by atoms with Crippen LogP contribution in [0, 0.1) is 12.8 Å². The molecule has 0 heterocycles. The van der Waals surface area contributed by atoms with E-state index in [9.17, 15) is 0 Å². The molecule has 1 aliphatic carbocycles. The molecule has 1 saturated carbocycles. The van der Waals surface area contributed by atoms with Crippen LogP contribution in [0.1, 0.15) is 44.6 Å². The summed E-state index contributed by atoms with van der Waals surface area (Å²) in [6, 6.07) is 7.15. The molecule has 0 radical (unpaired) electrons. The highest BCUT2D eigenvalue weighted by atomic mass is 79.9. The molecule has 1 N–H and O–H groups in total. The van der Waals surface area contributed by atoms with Gasteiger partial charge in [-0.1, -0.05) is 48.2 Å². The molecule has 0 aromatic heterocycles. The van der Waals surface area contributed by atoms with Gasteiger partial charge < -0.3 is 5.32 Å². The lowest BCUT2D eigenvalue weighted by atomic mass is 9.84. The van der Waals surface area contributed by atoms with Crippen molar-refractivity contribution in [1.82, 2.24) is 0 Å². The summed E-state index contributed by atoms with van der Waals surface area (Å²) in [7, 11) is 0. The lowest BCUT2D eigenvalue weighted by molar-refractivity contribution is 0.327. The molecule has 1 nitrogen and oxygen atoms in total. The Kier molecular flexibility index (Phi) is 4.49. The molecule has 1 aliphatic rings. The SMILES string of the molecule is CCC1CCCC(Nc2cc(Br)ccc2C)C1. The molecule has 2 rings (SSSR count). The number of halogens is 1. The molecule has 0 aliphatic heterocycles. The minimum atomic E-state index is 0.668. The molecule has 2 heteroatoms. The van der Waals surface area contributed by atoms with E-state index >= 15 is 0 Å². The topological polar surface area (TPSA) is 12.0 Å². The van der Waals surface area contributed by atoms with Crippen molar-refractivity contribution in [1.29, 1.82) is 0 Å². The highest BCUT2D eigenvalue weighted by molar-refractivity contribution is 9.10. The van der Waals surface area contributed by atoms with E-state index in [0.717, 1.165) is 10.4 Å². The van der Waals surface area contributed by atoms with Gasteiger partial charge in [0.2, 0.25) is 0 Å². The normalized spacial score (nSPS) is 24.6. The van der Waals surface area contributed by atoms with Crippen molar-refractivity contribution in [2.75, 3.05) is 5.32 Å². The number of benzene rings is 1. The van der Waals surface area contributed by atoms with Gasteiger partial charge in [0.05, 0.1) is 0 Å². The van der Waals surface area contributed by atoms with Crippen LogP contribution in [-0.4, -0.2) is 6.04 Å². The minimum Gasteiger partial charge on any atom is -0.382 e. The standard InChI is InChI=1S/C15H22BrN/c1-3-12-5-4-6-14(9-12)17-15-10-13(16)8-7-11(15)2/h7-8,10,12,14,17H,3-6,9H2,1-2H3. The number of hydrogen-bond acceptors (Lipinski definition) is 1. The summed E-state index contributed by atoms with van der Waals surface area (Å²) in [6.45, 7) is 4.49. The number of aryl methyl sites for hydroxylation is 1. The number of rotatable bonds is 3. The molecule has 0 amide bonds. The average molecular weight is 296 g/mol. The van der Waals surface area contributed by atoms with Gasteiger partial charge in [-0.3, -0.25) is 0 Å². The molecule has 1 aromatic rings. The molecular formula is C15H22BrN.